The Labute approximate surface area is 77.2 Å². The molecule has 1 heterocycles. The van der Waals surface area contributed by atoms with Crippen molar-refractivity contribution in [2.75, 3.05) is 6.61 Å². The van der Waals surface area contributed by atoms with Crippen molar-refractivity contribution < 1.29 is 4.74 Å². The molecule has 0 spiro atoms. The Kier molecular flexibility index (Phi) is 3.71. The highest BCUT2D eigenvalue weighted by molar-refractivity contribution is 5.10. The molecule has 13 heavy (non-hydrogen) atoms. The third-order valence-corrected chi connectivity index (χ3v) is 1.38. The van der Waals surface area contributed by atoms with Crippen molar-refractivity contribution in [1.82, 2.24) is 9.97 Å². The van der Waals surface area contributed by atoms with E-state index in [0.29, 0.717) is 18.2 Å². The third-order valence-electron chi connectivity index (χ3n) is 1.38. The Morgan fingerprint density at radius 2 is 2.38 bits per heavy atom. The number of aromatic nitrogens is 2. The van der Waals surface area contributed by atoms with Crippen LogP contribution in [-0.2, 0) is 6.42 Å². The van der Waals surface area contributed by atoms with Crippen LogP contribution in [0.15, 0.2) is 12.4 Å². The van der Waals surface area contributed by atoms with Gasteiger partial charge in [0.1, 0.15) is 0 Å². The molecule has 1 rings (SSSR count). The maximum Gasteiger partial charge on any atom is 0.232 e. The Morgan fingerprint density at radius 1 is 1.54 bits per heavy atom. The van der Waals surface area contributed by atoms with E-state index in [1.807, 2.05) is 13.0 Å². The van der Waals surface area contributed by atoms with Crippen molar-refractivity contribution in [3.05, 3.63) is 18.1 Å². The van der Waals surface area contributed by atoms with E-state index in [1.54, 1.807) is 12.4 Å². The highest BCUT2D eigenvalue weighted by atomic mass is 16.5. The number of nitriles is 1. The molecule has 1 aromatic rings. The van der Waals surface area contributed by atoms with E-state index in [-0.39, 0.29) is 6.42 Å². The standard InChI is InChI=1S/C9H11N3O/c1-2-5-13-9-7-11-6-8(12-9)3-4-10/h6-7H,2-3,5H2,1H3. The Bertz CT molecular complexity index is 306. The van der Waals surface area contributed by atoms with Crippen LogP contribution in [0, 0.1) is 11.3 Å². The molecule has 0 amide bonds. The second-order valence-electron chi connectivity index (χ2n) is 2.53. The van der Waals surface area contributed by atoms with Crippen LogP contribution >= 0.6 is 0 Å². The lowest BCUT2D eigenvalue weighted by atomic mass is 10.3. The van der Waals surface area contributed by atoms with Gasteiger partial charge in [-0.05, 0) is 6.42 Å². The van der Waals surface area contributed by atoms with Crippen molar-refractivity contribution in [3.8, 4) is 11.9 Å². The van der Waals surface area contributed by atoms with Crippen molar-refractivity contribution in [2.24, 2.45) is 0 Å². The lowest BCUT2D eigenvalue weighted by Gasteiger charge is -2.02. The SMILES string of the molecule is CCCOc1cncc(CC#N)n1. The average Bonchev–Trinajstić information content (AvgIpc) is 2.16. The van der Waals surface area contributed by atoms with Crippen LogP contribution in [0.2, 0.25) is 0 Å². The van der Waals surface area contributed by atoms with Gasteiger partial charge >= 0.3 is 0 Å². The second-order valence-corrected chi connectivity index (χ2v) is 2.53. The van der Waals surface area contributed by atoms with Gasteiger partial charge in [0.25, 0.3) is 0 Å². The smallest absolute Gasteiger partial charge is 0.232 e. The zero-order chi connectivity index (χ0) is 9.52. The van der Waals surface area contributed by atoms with Crippen LogP contribution in [0.1, 0.15) is 19.0 Å². The number of hydrogen-bond donors (Lipinski definition) is 0. The molecule has 0 fully saturated rings. The predicted molar refractivity (Wildman–Crippen MR) is 47.1 cm³/mol. The van der Waals surface area contributed by atoms with Crippen LogP contribution < -0.4 is 4.74 Å². The molecule has 0 aliphatic heterocycles. The first kappa shape index (κ1) is 9.46. The van der Waals surface area contributed by atoms with Crippen molar-refractivity contribution in [2.45, 2.75) is 19.8 Å². The summed E-state index contributed by atoms with van der Waals surface area (Å²) in [5.74, 6) is 0.495. The van der Waals surface area contributed by atoms with Gasteiger partial charge in [-0.15, -0.1) is 0 Å². The summed E-state index contributed by atoms with van der Waals surface area (Å²) >= 11 is 0. The van der Waals surface area contributed by atoms with Gasteiger partial charge in [0, 0.05) is 6.20 Å². The number of nitrogens with zero attached hydrogens (tertiary/aromatic N) is 3. The van der Waals surface area contributed by atoms with Gasteiger partial charge in [0.05, 0.1) is 31.0 Å². The van der Waals surface area contributed by atoms with Gasteiger partial charge in [0.2, 0.25) is 5.88 Å². The topological polar surface area (TPSA) is 58.8 Å². The van der Waals surface area contributed by atoms with E-state index in [4.69, 9.17) is 10.00 Å². The molecule has 0 saturated heterocycles. The summed E-state index contributed by atoms with van der Waals surface area (Å²) in [5.41, 5.74) is 0.649. The van der Waals surface area contributed by atoms with Gasteiger partial charge in [-0.2, -0.15) is 5.26 Å². The van der Waals surface area contributed by atoms with Crippen LogP contribution in [0.5, 0.6) is 5.88 Å². The van der Waals surface area contributed by atoms with Crippen LogP contribution in [0.3, 0.4) is 0 Å². The van der Waals surface area contributed by atoms with E-state index in [2.05, 4.69) is 9.97 Å². The molecule has 0 atom stereocenters. The largest absolute Gasteiger partial charge is 0.477 e. The monoisotopic (exact) mass is 177 g/mol. The van der Waals surface area contributed by atoms with Gasteiger partial charge in [-0.25, -0.2) is 4.98 Å². The van der Waals surface area contributed by atoms with E-state index >= 15 is 0 Å². The third kappa shape index (κ3) is 3.08. The minimum absolute atomic E-state index is 0.274. The molecule has 1 aromatic heterocycles. The zero-order valence-electron chi connectivity index (χ0n) is 7.53. The van der Waals surface area contributed by atoms with Gasteiger partial charge in [-0.3, -0.25) is 4.98 Å². The lowest BCUT2D eigenvalue weighted by Crippen LogP contribution is -1.99. The van der Waals surface area contributed by atoms with Crippen LogP contribution in [0.25, 0.3) is 0 Å². The van der Waals surface area contributed by atoms with Crippen LogP contribution in [0.4, 0.5) is 0 Å². The average molecular weight is 177 g/mol. The predicted octanol–water partition coefficient (Wildman–Crippen LogP) is 1.33. The molecule has 68 valence electrons. The normalized spacial score (nSPS) is 9.23. The van der Waals surface area contributed by atoms with Crippen molar-refractivity contribution >= 4 is 0 Å². The van der Waals surface area contributed by atoms with Gasteiger partial charge < -0.3 is 4.74 Å². The summed E-state index contributed by atoms with van der Waals surface area (Å²) in [6.07, 6.45) is 4.33. The van der Waals surface area contributed by atoms with Gasteiger partial charge in [-0.1, -0.05) is 6.92 Å². The Balaban J connectivity index is 2.63. The Morgan fingerprint density at radius 3 is 3.08 bits per heavy atom. The van der Waals surface area contributed by atoms with Crippen LogP contribution in [-0.4, -0.2) is 16.6 Å². The molecule has 0 N–H and O–H groups in total. The first-order valence-electron chi connectivity index (χ1n) is 4.17. The molecule has 0 saturated carbocycles. The first-order chi connectivity index (χ1) is 6.36. The number of rotatable bonds is 4. The highest BCUT2D eigenvalue weighted by Gasteiger charge is 1.98. The summed E-state index contributed by atoms with van der Waals surface area (Å²) in [4.78, 5) is 8.01. The molecular weight excluding hydrogens is 166 g/mol. The summed E-state index contributed by atoms with van der Waals surface area (Å²) in [6, 6.07) is 2.01. The maximum atomic E-state index is 8.43. The molecule has 0 aromatic carbocycles. The molecule has 0 aliphatic rings. The fourth-order valence-corrected chi connectivity index (χ4v) is 0.829. The van der Waals surface area contributed by atoms with E-state index in [1.165, 1.54) is 0 Å². The van der Waals surface area contributed by atoms with Crippen molar-refractivity contribution in [1.29, 1.82) is 5.26 Å². The fourth-order valence-electron chi connectivity index (χ4n) is 0.829. The van der Waals surface area contributed by atoms with Crippen molar-refractivity contribution in [3.63, 3.8) is 0 Å². The first-order valence-corrected chi connectivity index (χ1v) is 4.17. The summed E-state index contributed by atoms with van der Waals surface area (Å²) < 4.78 is 5.26. The highest BCUT2D eigenvalue weighted by Crippen LogP contribution is 2.05. The number of ether oxygens (including phenoxy) is 1. The minimum Gasteiger partial charge on any atom is -0.477 e. The minimum atomic E-state index is 0.274. The van der Waals surface area contributed by atoms with Gasteiger partial charge in [0.15, 0.2) is 0 Å². The number of hydrogen-bond acceptors (Lipinski definition) is 4. The molecule has 0 bridgehead atoms. The van der Waals surface area contributed by atoms with E-state index in [9.17, 15) is 0 Å². The summed E-state index contributed by atoms with van der Waals surface area (Å²) in [7, 11) is 0. The molecular formula is C9H11N3O. The molecule has 0 unspecified atom stereocenters. The quantitative estimate of drug-likeness (QED) is 0.696. The molecule has 0 radical (unpaired) electrons. The van der Waals surface area contributed by atoms with E-state index in [0.717, 1.165) is 6.42 Å². The summed E-state index contributed by atoms with van der Waals surface area (Å²) in [6.45, 7) is 2.65. The lowest BCUT2D eigenvalue weighted by molar-refractivity contribution is 0.303. The maximum absolute atomic E-state index is 8.43. The Hall–Kier alpha value is -1.63. The molecule has 4 heteroatoms. The second kappa shape index (κ2) is 5.09. The van der Waals surface area contributed by atoms with E-state index < -0.39 is 0 Å². The molecule has 4 nitrogen and oxygen atoms in total. The fraction of sp³-hybridized carbons (Fsp3) is 0.444. The summed E-state index contributed by atoms with van der Waals surface area (Å²) in [5, 5.41) is 8.43. The zero-order valence-corrected chi connectivity index (χ0v) is 7.53. The molecule has 0 aliphatic carbocycles.